The molecule has 3 aromatic heterocycles. The number of imidazole rings is 1. The molecule has 0 saturated heterocycles. The van der Waals surface area contributed by atoms with E-state index in [0.717, 1.165) is 35.5 Å². The molecule has 4 N–H and O–H groups in total. The van der Waals surface area contributed by atoms with Crippen LogP contribution in [0.3, 0.4) is 0 Å². The highest BCUT2D eigenvalue weighted by Crippen LogP contribution is 2.42. The second-order valence-corrected chi connectivity index (χ2v) is 11.0. The van der Waals surface area contributed by atoms with Gasteiger partial charge in [-0.05, 0) is 37.1 Å². The van der Waals surface area contributed by atoms with Gasteiger partial charge < -0.3 is 11.1 Å². The molecule has 2 aromatic carbocycles. The minimum absolute atomic E-state index is 0.00788. The molecule has 1 fully saturated rings. The summed E-state index contributed by atoms with van der Waals surface area (Å²) in [5, 5.41) is 9.34. The molecular weight excluding hydrogens is 533 g/mol. The topological polar surface area (TPSA) is 115 Å². The molecule has 0 aliphatic heterocycles. The Labute approximate surface area is 233 Å². The predicted molar refractivity (Wildman–Crippen MR) is 150 cm³/mol. The summed E-state index contributed by atoms with van der Waals surface area (Å²) in [4.78, 5) is 21.9. The quantitative estimate of drug-likeness (QED) is 0.230. The van der Waals surface area contributed by atoms with Crippen LogP contribution >= 0.6 is 0 Å². The Kier molecular flexibility index (Phi) is 6.20. The molecule has 0 bridgehead atoms. The monoisotopic (exact) mass is 560 g/mol. The number of hydrogen-bond acceptors (Lipinski definition) is 5. The molecule has 0 radical (unpaired) electrons. The van der Waals surface area contributed by atoms with Crippen molar-refractivity contribution in [1.82, 2.24) is 24.1 Å². The lowest BCUT2D eigenvalue weighted by Gasteiger charge is -2.14. The molecule has 0 atom stereocenters. The molecule has 210 valence electrons. The van der Waals surface area contributed by atoms with Gasteiger partial charge in [0.05, 0.1) is 11.4 Å². The number of aromatic nitrogens is 5. The number of nitrogens with zero attached hydrogens (tertiary/aromatic N) is 5. The van der Waals surface area contributed by atoms with Crippen LogP contribution in [0.2, 0.25) is 0 Å². The van der Waals surface area contributed by atoms with Crippen molar-refractivity contribution in [2.75, 3.05) is 16.4 Å². The third-order valence-electron chi connectivity index (χ3n) is 6.91. The molecule has 2 amide bonds. The Morgan fingerprint density at radius 2 is 1.76 bits per heavy atom. The first-order valence-corrected chi connectivity index (χ1v) is 13.1. The number of nitrogens with two attached hydrogens (primary N) is 1. The van der Waals surface area contributed by atoms with E-state index in [9.17, 15) is 13.6 Å². The Bertz CT molecular complexity index is 1800. The summed E-state index contributed by atoms with van der Waals surface area (Å²) in [6.07, 6.45) is 5.43. The van der Waals surface area contributed by atoms with Gasteiger partial charge >= 0.3 is 6.03 Å². The number of nitrogens with one attached hydrogen (secondary N) is 2. The highest BCUT2D eigenvalue weighted by atomic mass is 19.1. The minimum Gasteiger partial charge on any atom is -0.382 e. The summed E-state index contributed by atoms with van der Waals surface area (Å²) in [6.45, 7) is 5.62. The van der Waals surface area contributed by atoms with Crippen molar-refractivity contribution in [3.63, 3.8) is 0 Å². The molecule has 1 saturated carbocycles. The van der Waals surface area contributed by atoms with Crippen LogP contribution in [-0.4, -0.2) is 30.2 Å². The molecule has 12 heteroatoms. The van der Waals surface area contributed by atoms with Crippen LogP contribution < -0.4 is 16.4 Å². The lowest BCUT2D eigenvalue weighted by molar-refractivity contribution is 0.262. The van der Waals surface area contributed by atoms with E-state index in [2.05, 4.69) is 20.7 Å². The van der Waals surface area contributed by atoms with Crippen molar-refractivity contribution in [1.29, 1.82) is 0 Å². The van der Waals surface area contributed by atoms with E-state index in [0.29, 0.717) is 28.4 Å². The van der Waals surface area contributed by atoms with Crippen LogP contribution in [0.1, 0.15) is 51.0 Å². The lowest BCUT2D eigenvalue weighted by atomic mass is 9.92. The summed E-state index contributed by atoms with van der Waals surface area (Å²) in [7, 11) is 0. The predicted octanol–water partition coefficient (Wildman–Crippen LogP) is 6.40. The van der Waals surface area contributed by atoms with E-state index in [4.69, 9.17) is 10.7 Å². The molecule has 9 nitrogen and oxygen atoms in total. The van der Waals surface area contributed by atoms with Crippen LogP contribution in [0.25, 0.3) is 22.5 Å². The van der Waals surface area contributed by atoms with Gasteiger partial charge in [0.25, 0.3) is 0 Å². The zero-order chi connectivity index (χ0) is 29.1. The lowest BCUT2D eigenvalue weighted by Crippen LogP contribution is -2.22. The summed E-state index contributed by atoms with van der Waals surface area (Å²) in [6, 6.07) is 8.41. The van der Waals surface area contributed by atoms with Gasteiger partial charge in [0, 0.05) is 35.4 Å². The Balaban J connectivity index is 1.29. The number of fused-ring (bicyclic) bond motifs is 1. The molecule has 6 rings (SSSR count). The van der Waals surface area contributed by atoms with Crippen molar-refractivity contribution in [2.45, 2.75) is 44.9 Å². The standard InChI is InChI=1S/C29H27F3N8O/c1-29(2,3)21-14-22(40(38-21)24-17(30)5-4-6-18(24)31)36-28(41)35-20-10-9-16(13-19(20)32)23-25-26(33)34-11-12-39(25)27(37-23)15-7-8-15/h4-6,9-15H,7-8H2,1-3H3,(H2,33,34)(H2,35,36,41). The number of para-hydroxylation sites is 1. The molecule has 5 aromatic rings. The number of benzene rings is 2. The van der Waals surface area contributed by atoms with Gasteiger partial charge in [0.2, 0.25) is 0 Å². The zero-order valence-electron chi connectivity index (χ0n) is 22.5. The fourth-order valence-corrected chi connectivity index (χ4v) is 4.65. The number of carbonyl (C=O) groups is 1. The first kappa shape index (κ1) is 26.4. The average Bonchev–Trinajstić information content (AvgIpc) is 3.54. The van der Waals surface area contributed by atoms with E-state index in [1.807, 2.05) is 25.2 Å². The number of nitrogen functional groups attached to an aromatic ring is 1. The first-order valence-electron chi connectivity index (χ1n) is 13.1. The molecule has 1 aliphatic carbocycles. The average molecular weight is 561 g/mol. The molecule has 3 heterocycles. The van der Waals surface area contributed by atoms with E-state index in [1.54, 1.807) is 18.5 Å². The van der Waals surface area contributed by atoms with Crippen molar-refractivity contribution in [3.05, 3.63) is 83.8 Å². The van der Waals surface area contributed by atoms with Gasteiger partial charge in [-0.25, -0.2) is 32.6 Å². The highest BCUT2D eigenvalue weighted by Gasteiger charge is 2.30. The molecule has 41 heavy (non-hydrogen) atoms. The van der Waals surface area contributed by atoms with Gasteiger partial charge in [-0.1, -0.05) is 32.9 Å². The summed E-state index contributed by atoms with van der Waals surface area (Å²) < 4.78 is 47.4. The molecule has 1 aliphatic rings. The van der Waals surface area contributed by atoms with Crippen molar-refractivity contribution >= 4 is 28.9 Å². The molecule has 0 spiro atoms. The summed E-state index contributed by atoms with van der Waals surface area (Å²) in [5.74, 6) is -0.966. The van der Waals surface area contributed by atoms with Crippen LogP contribution in [0.4, 0.5) is 35.3 Å². The number of rotatable bonds is 5. The Morgan fingerprint density at radius 3 is 2.41 bits per heavy atom. The van der Waals surface area contributed by atoms with Gasteiger partial charge in [-0.2, -0.15) is 5.10 Å². The summed E-state index contributed by atoms with van der Waals surface area (Å²) >= 11 is 0. The van der Waals surface area contributed by atoms with Crippen LogP contribution in [-0.2, 0) is 5.41 Å². The number of hydrogen-bond donors (Lipinski definition) is 3. The largest absolute Gasteiger partial charge is 0.382 e. The Hall–Kier alpha value is -4.87. The Morgan fingerprint density at radius 1 is 1.02 bits per heavy atom. The third-order valence-corrected chi connectivity index (χ3v) is 6.91. The van der Waals surface area contributed by atoms with Crippen molar-refractivity contribution < 1.29 is 18.0 Å². The van der Waals surface area contributed by atoms with Crippen LogP contribution in [0.5, 0.6) is 0 Å². The normalized spacial score (nSPS) is 13.5. The van der Waals surface area contributed by atoms with Crippen molar-refractivity contribution in [3.8, 4) is 16.9 Å². The van der Waals surface area contributed by atoms with Gasteiger partial charge in [-0.3, -0.25) is 9.72 Å². The maximum absolute atomic E-state index is 15.3. The number of urea groups is 1. The number of halogens is 3. The van der Waals surface area contributed by atoms with Gasteiger partial charge in [0.15, 0.2) is 11.6 Å². The van der Waals surface area contributed by atoms with Crippen LogP contribution in [0.15, 0.2) is 54.9 Å². The summed E-state index contributed by atoms with van der Waals surface area (Å²) in [5.41, 5.74) is 7.16. The zero-order valence-corrected chi connectivity index (χ0v) is 22.5. The SMILES string of the molecule is CC(C)(C)c1cc(NC(=O)Nc2ccc(-c3nc(C4CC4)n4ccnc(N)c34)cc2F)n(-c2c(F)cccc2F)n1. The third kappa shape index (κ3) is 4.85. The van der Waals surface area contributed by atoms with E-state index in [1.165, 1.54) is 24.3 Å². The fraction of sp³-hybridized carbons (Fsp3) is 0.241. The number of amides is 2. The van der Waals surface area contributed by atoms with E-state index >= 15 is 4.39 Å². The molecule has 0 unspecified atom stereocenters. The fourth-order valence-electron chi connectivity index (χ4n) is 4.65. The van der Waals surface area contributed by atoms with Gasteiger partial charge in [0.1, 0.15) is 40.2 Å². The highest BCUT2D eigenvalue weighted by molar-refractivity contribution is 6.00. The van der Waals surface area contributed by atoms with Gasteiger partial charge in [-0.15, -0.1) is 0 Å². The first-order chi connectivity index (χ1) is 19.5. The minimum atomic E-state index is -0.855. The van der Waals surface area contributed by atoms with E-state index < -0.39 is 34.6 Å². The maximum atomic E-state index is 15.3. The number of anilines is 3. The maximum Gasteiger partial charge on any atom is 0.324 e. The second kappa shape index (κ2) is 9.65. The number of carbonyl (C=O) groups excluding carboxylic acids is 1. The van der Waals surface area contributed by atoms with Crippen molar-refractivity contribution in [2.24, 2.45) is 0 Å². The molecular formula is C29H27F3N8O. The second-order valence-electron chi connectivity index (χ2n) is 11.0. The van der Waals surface area contributed by atoms with E-state index in [-0.39, 0.29) is 17.3 Å². The smallest absolute Gasteiger partial charge is 0.324 e. The van der Waals surface area contributed by atoms with Crippen LogP contribution in [0, 0.1) is 17.5 Å².